The van der Waals surface area contributed by atoms with Gasteiger partial charge in [0.05, 0.1) is 12.0 Å². The van der Waals surface area contributed by atoms with Crippen LogP contribution in [-0.4, -0.2) is 40.7 Å². The highest BCUT2D eigenvalue weighted by molar-refractivity contribution is 7.89. The number of alkyl halides is 3. The number of hydrogen-bond donors (Lipinski definition) is 2. The maximum Gasteiger partial charge on any atom is 0.405 e. The minimum Gasteiger partial charge on any atom is -0.496 e. The van der Waals surface area contributed by atoms with Gasteiger partial charge in [0.25, 0.3) is 5.91 Å². The second-order valence-electron chi connectivity index (χ2n) is 5.78. The van der Waals surface area contributed by atoms with E-state index < -0.39 is 28.7 Å². The fourth-order valence-electron chi connectivity index (χ4n) is 2.38. The standard InChI is InChI=1S/C18H19F3N2O4S/c1-27-16-5-3-2-4-13(16)10-11-23-28(25,26)15-8-6-14(7-9-15)17(24)22-12-18(19,20)21/h2-9,23H,10-12H2,1H3,(H,22,24). The molecule has 0 radical (unpaired) electrons. The van der Waals surface area contributed by atoms with Gasteiger partial charge in [-0.25, -0.2) is 13.1 Å². The predicted molar refractivity (Wildman–Crippen MR) is 96.7 cm³/mol. The Morgan fingerprint density at radius 2 is 1.71 bits per heavy atom. The summed E-state index contributed by atoms with van der Waals surface area (Å²) in [6.07, 6.45) is -4.12. The summed E-state index contributed by atoms with van der Waals surface area (Å²) < 4.78 is 68.7. The van der Waals surface area contributed by atoms with Gasteiger partial charge in [-0.05, 0) is 42.3 Å². The first-order chi connectivity index (χ1) is 13.1. The molecule has 10 heteroatoms. The highest BCUT2D eigenvalue weighted by Gasteiger charge is 2.28. The lowest BCUT2D eigenvalue weighted by molar-refractivity contribution is -0.123. The van der Waals surface area contributed by atoms with E-state index >= 15 is 0 Å². The van der Waals surface area contributed by atoms with Crippen LogP contribution in [-0.2, 0) is 16.4 Å². The van der Waals surface area contributed by atoms with Crippen LogP contribution in [0.3, 0.4) is 0 Å². The Balaban J connectivity index is 1.97. The van der Waals surface area contributed by atoms with Crippen LogP contribution < -0.4 is 14.8 Å². The van der Waals surface area contributed by atoms with Gasteiger partial charge in [0.15, 0.2) is 0 Å². The number of benzene rings is 2. The molecule has 0 aromatic heterocycles. The first kappa shape index (κ1) is 21.7. The maximum atomic E-state index is 12.3. The molecule has 2 N–H and O–H groups in total. The molecular formula is C18H19F3N2O4S. The molecule has 0 saturated heterocycles. The van der Waals surface area contributed by atoms with Crippen molar-refractivity contribution in [2.24, 2.45) is 0 Å². The maximum absolute atomic E-state index is 12.3. The molecule has 6 nitrogen and oxygen atoms in total. The van der Waals surface area contributed by atoms with Crippen LogP contribution in [0.2, 0.25) is 0 Å². The minimum atomic E-state index is -4.52. The van der Waals surface area contributed by atoms with E-state index in [-0.39, 0.29) is 17.0 Å². The second kappa shape index (κ2) is 9.07. The topological polar surface area (TPSA) is 84.5 Å². The summed E-state index contributed by atoms with van der Waals surface area (Å²) in [7, 11) is -2.31. The number of nitrogens with one attached hydrogen (secondary N) is 2. The van der Waals surface area contributed by atoms with Gasteiger partial charge in [-0.3, -0.25) is 4.79 Å². The smallest absolute Gasteiger partial charge is 0.405 e. The number of halogens is 3. The van der Waals surface area contributed by atoms with Crippen molar-refractivity contribution in [3.63, 3.8) is 0 Å². The fraction of sp³-hybridized carbons (Fsp3) is 0.278. The Morgan fingerprint density at radius 3 is 2.32 bits per heavy atom. The van der Waals surface area contributed by atoms with E-state index in [4.69, 9.17) is 4.74 Å². The van der Waals surface area contributed by atoms with Crippen molar-refractivity contribution < 1.29 is 31.1 Å². The van der Waals surface area contributed by atoms with Crippen LogP contribution in [0.25, 0.3) is 0 Å². The number of methoxy groups -OCH3 is 1. The molecule has 0 spiro atoms. The molecule has 0 heterocycles. The third-order valence-corrected chi connectivity index (χ3v) is 5.23. The lowest BCUT2D eigenvalue weighted by atomic mass is 10.1. The summed E-state index contributed by atoms with van der Waals surface area (Å²) in [4.78, 5) is 11.6. The zero-order valence-corrected chi connectivity index (χ0v) is 15.7. The molecule has 0 bridgehead atoms. The zero-order valence-electron chi connectivity index (χ0n) is 14.9. The lowest BCUT2D eigenvalue weighted by Gasteiger charge is -2.11. The third kappa shape index (κ3) is 6.24. The molecule has 152 valence electrons. The quantitative estimate of drug-likeness (QED) is 0.693. The number of hydrogen-bond acceptors (Lipinski definition) is 4. The number of carbonyl (C=O) groups is 1. The Bertz CT molecular complexity index is 913. The summed E-state index contributed by atoms with van der Waals surface area (Å²) in [5.41, 5.74) is 0.765. The Morgan fingerprint density at radius 1 is 1.07 bits per heavy atom. The minimum absolute atomic E-state index is 0.0720. The molecule has 0 aliphatic carbocycles. The van der Waals surface area contributed by atoms with Gasteiger partial charge in [-0.15, -0.1) is 0 Å². The zero-order chi connectivity index (χ0) is 20.8. The van der Waals surface area contributed by atoms with Gasteiger partial charge < -0.3 is 10.1 Å². The average molecular weight is 416 g/mol. The van der Waals surface area contributed by atoms with Crippen molar-refractivity contribution in [2.75, 3.05) is 20.2 Å². The number of para-hydroxylation sites is 1. The van der Waals surface area contributed by atoms with E-state index in [1.807, 2.05) is 12.1 Å². The summed E-state index contributed by atoms with van der Waals surface area (Å²) in [5.74, 6) is -0.290. The van der Waals surface area contributed by atoms with Gasteiger partial charge in [0.2, 0.25) is 10.0 Å². The van der Waals surface area contributed by atoms with Crippen LogP contribution in [0.4, 0.5) is 13.2 Å². The Labute approximate surface area is 160 Å². The van der Waals surface area contributed by atoms with Crippen molar-refractivity contribution in [3.8, 4) is 5.75 Å². The first-order valence-corrected chi connectivity index (χ1v) is 9.67. The molecule has 28 heavy (non-hydrogen) atoms. The van der Waals surface area contributed by atoms with Gasteiger partial charge in [0, 0.05) is 12.1 Å². The molecule has 0 saturated carbocycles. The summed E-state index contributed by atoms with van der Waals surface area (Å²) in [6, 6.07) is 11.8. The number of ether oxygens (including phenoxy) is 1. The summed E-state index contributed by atoms with van der Waals surface area (Å²) in [5, 5.41) is 1.72. The van der Waals surface area contributed by atoms with Crippen molar-refractivity contribution in [3.05, 3.63) is 59.7 Å². The largest absolute Gasteiger partial charge is 0.496 e. The van der Waals surface area contributed by atoms with E-state index in [0.29, 0.717) is 12.2 Å². The molecule has 1 amide bonds. The molecule has 0 atom stereocenters. The van der Waals surface area contributed by atoms with Crippen LogP contribution in [0.1, 0.15) is 15.9 Å². The first-order valence-electron chi connectivity index (χ1n) is 8.19. The average Bonchev–Trinajstić information content (AvgIpc) is 2.66. The monoisotopic (exact) mass is 416 g/mol. The molecule has 2 aromatic rings. The predicted octanol–water partition coefficient (Wildman–Crippen LogP) is 2.51. The van der Waals surface area contributed by atoms with Crippen LogP contribution in [0.15, 0.2) is 53.4 Å². The summed E-state index contributed by atoms with van der Waals surface area (Å²) >= 11 is 0. The van der Waals surface area contributed by atoms with Crippen LogP contribution in [0, 0.1) is 0 Å². The van der Waals surface area contributed by atoms with Crippen molar-refractivity contribution in [1.29, 1.82) is 0 Å². The SMILES string of the molecule is COc1ccccc1CCNS(=O)(=O)c1ccc(C(=O)NCC(F)(F)F)cc1. The van der Waals surface area contributed by atoms with E-state index in [1.54, 1.807) is 17.4 Å². The molecule has 0 unspecified atom stereocenters. The molecule has 2 aromatic carbocycles. The Hall–Kier alpha value is -2.59. The van der Waals surface area contributed by atoms with E-state index in [2.05, 4.69) is 4.72 Å². The Kier molecular flexibility index (Phi) is 7.03. The lowest BCUT2D eigenvalue weighted by Crippen LogP contribution is -2.33. The van der Waals surface area contributed by atoms with Gasteiger partial charge in [0.1, 0.15) is 12.3 Å². The fourth-order valence-corrected chi connectivity index (χ4v) is 3.41. The number of amides is 1. The van der Waals surface area contributed by atoms with Crippen LogP contribution in [0.5, 0.6) is 5.75 Å². The van der Waals surface area contributed by atoms with Crippen molar-refractivity contribution >= 4 is 15.9 Å². The molecular weight excluding hydrogens is 397 g/mol. The van der Waals surface area contributed by atoms with Crippen molar-refractivity contribution in [1.82, 2.24) is 10.0 Å². The molecule has 0 aliphatic heterocycles. The van der Waals surface area contributed by atoms with E-state index in [9.17, 15) is 26.4 Å². The van der Waals surface area contributed by atoms with E-state index in [0.717, 1.165) is 29.8 Å². The van der Waals surface area contributed by atoms with Crippen molar-refractivity contribution in [2.45, 2.75) is 17.5 Å². The third-order valence-electron chi connectivity index (χ3n) is 3.76. The normalized spacial score (nSPS) is 11.9. The number of rotatable bonds is 8. The molecule has 2 rings (SSSR count). The highest BCUT2D eigenvalue weighted by atomic mass is 32.2. The van der Waals surface area contributed by atoms with Gasteiger partial charge in [-0.2, -0.15) is 13.2 Å². The van der Waals surface area contributed by atoms with Crippen LogP contribution >= 0.6 is 0 Å². The number of sulfonamides is 1. The number of carbonyl (C=O) groups excluding carboxylic acids is 1. The summed E-state index contributed by atoms with van der Waals surface area (Å²) in [6.45, 7) is -1.34. The van der Waals surface area contributed by atoms with Gasteiger partial charge in [-0.1, -0.05) is 18.2 Å². The van der Waals surface area contributed by atoms with Gasteiger partial charge >= 0.3 is 6.18 Å². The second-order valence-corrected chi connectivity index (χ2v) is 7.55. The molecule has 0 aliphatic rings. The molecule has 0 fully saturated rings. The highest BCUT2D eigenvalue weighted by Crippen LogP contribution is 2.18. The van der Waals surface area contributed by atoms with E-state index in [1.165, 1.54) is 7.11 Å².